The molecule has 0 radical (unpaired) electrons. The Balaban J connectivity index is 2.10. The number of halogens is 2. The van der Waals surface area contributed by atoms with Crippen LogP contribution in [0.5, 0.6) is 0 Å². The van der Waals surface area contributed by atoms with Crippen molar-refractivity contribution >= 4 is 17.5 Å². The fraction of sp³-hybridized carbons (Fsp3) is 0.500. The normalized spacial score (nSPS) is 19.2. The molecule has 0 spiro atoms. The molecule has 0 saturated carbocycles. The van der Waals surface area contributed by atoms with Crippen LogP contribution in [0.15, 0.2) is 18.2 Å². The first-order valence-corrected chi connectivity index (χ1v) is 6.73. The van der Waals surface area contributed by atoms with Gasteiger partial charge in [-0.2, -0.15) is 0 Å². The molecule has 1 aromatic rings. The van der Waals surface area contributed by atoms with Crippen LogP contribution in [0.2, 0.25) is 5.02 Å². The van der Waals surface area contributed by atoms with Gasteiger partial charge in [-0.3, -0.25) is 4.79 Å². The summed E-state index contributed by atoms with van der Waals surface area (Å²) in [4.78, 5) is 14.4. The Morgan fingerprint density at radius 3 is 2.68 bits per heavy atom. The number of hydrogen-bond donors (Lipinski definition) is 1. The molecule has 19 heavy (non-hydrogen) atoms. The van der Waals surface area contributed by atoms with Crippen molar-refractivity contribution in [1.82, 2.24) is 10.2 Å². The first kappa shape index (κ1) is 14.3. The molecule has 104 valence electrons. The lowest BCUT2D eigenvalue weighted by atomic mass is 9.89. The third kappa shape index (κ3) is 3.45. The third-order valence-electron chi connectivity index (χ3n) is 3.68. The lowest BCUT2D eigenvalue weighted by molar-refractivity contribution is 0.0851. The van der Waals surface area contributed by atoms with Gasteiger partial charge in [0.25, 0.3) is 5.91 Å². The van der Waals surface area contributed by atoms with Crippen LogP contribution in [-0.4, -0.2) is 36.5 Å². The summed E-state index contributed by atoms with van der Waals surface area (Å²) in [5.41, 5.74) is -0.0546. The number of benzene rings is 1. The van der Waals surface area contributed by atoms with E-state index in [4.69, 9.17) is 11.6 Å². The number of nitrogens with one attached hydrogen (secondary N) is 1. The second kappa shape index (κ2) is 5.47. The molecule has 1 fully saturated rings. The second-order valence-electron chi connectivity index (χ2n) is 5.44. The first-order chi connectivity index (χ1) is 8.89. The van der Waals surface area contributed by atoms with Gasteiger partial charge in [-0.05, 0) is 45.0 Å². The summed E-state index contributed by atoms with van der Waals surface area (Å²) < 4.78 is 13.2. The van der Waals surface area contributed by atoms with E-state index in [1.54, 1.807) is 0 Å². The molecule has 3 nitrogen and oxygen atoms in total. The van der Waals surface area contributed by atoms with Crippen LogP contribution in [0.3, 0.4) is 0 Å². The zero-order chi connectivity index (χ0) is 14.0. The molecule has 1 amide bonds. The van der Waals surface area contributed by atoms with Gasteiger partial charge in [0.1, 0.15) is 5.82 Å². The van der Waals surface area contributed by atoms with Gasteiger partial charge in [0.2, 0.25) is 0 Å². The van der Waals surface area contributed by atoms with Crippen LogP contribution in [0.1, 0.15) is 30.1 Å². The van der Waals surface area contributed by atoms with Crippen molar-refractivity contribution in [2.45, 2.75) is 25.3 Å². The van der Waals surface area contributed by atoms with E-state index in [1.165, 1.54) is 18.2 Å². The van der Waals surface area contributed by atoms with E-state index in [9.17, 15) is 9.18 Å². The molecular weight excluding hydrogens is 267 g/mol. The summed E-state index contributed by atoms with van der Waals surface area (Å²) in [6, 6.07) is 3.83. The van der Waals surface area contributed by atoms with Crippen LogP contribution in [0.25, 0.3) is 0 Å². The van der Waals surface area contributed by atoms with Gasteiger partial charge in [-0.15, -0.1) is 0 Å². The summed E-state index contributed by atoms with van der Waals surface area (Å²) in [5.74, 6) is -0.764. The summed E-state index contributed by atoms with van der Waals surface area (Å²) in [7, 11) is 2.06. The van der Waals surface area contributed by atoms with Gasteiger partial charge < -0.3 is 10.2 Å². The molecule has 5 heteroatoms. The predicted octanol–water partition coefficient (Wildman–Crippen LogP) is 2.69. The Labute approximate surface area is 117 Å². The smallest absolute Gasteiger partial charge is 0.253 e. The molecular formula is C14H18ClFN2O. The van der Waals surface area contributed by atoms with Gasteiger partial charge in [-0.1, -0.05) is 11.6 Å². The average Bonchev–Trinajstić information content (AvgIpc) is 2.36. The molecule has 0 aromatic heterocycles. The van der Waals surface area contributed by atoms with Crippen molar-refractivity contribution in [3.8, 4) is 0 Å². The fourth-order valence-electron chi connectivity index (χ4n) is 2.25. The summed E-state index contributed by atoms with van der Waals surface area (Å²) in [6.45, 7) is 3.90. The topological polar surface area (TPSA) is 32.3 Å². The highest BCUT2D eigenvalue weighted by atomic mass is 35.5. The minimum absolute atomic E-state index is 0.196. The van der Waals surface area contributed by atoms with E-state index in [-0.39, 0.29) is 22.0 Å². The highest BCUT2D eigenvalue weighted by molar-refractivity contribution is 6.33. The number of amides is 1. The zero-order valence-electron chi connectivity index (χ0n) is 11.2. The molecule has 0 aliphatic carbocycles. The molecule has 1 aliphatic heterocycles. The maximum absolute atomic E-state index is 13.2. The number of nitrogens with zero attached hydrogens (tertiary/aromatic N) is 1. The number of carbonyl (C=O) groups is 1. The first-order valence-electron chi connectivity index (χ1n) is 6.36. The molecule has 1 N–H and O–H groups in total. The number of carbonyl (C=O) groups excluding carboxylic acids is 1. The zero-order valence-corrected chi connectivity index (χ0v) is 11.9. The van der Waals surface area contributed by atoms with Gasteiger partial charge in [-0.25, -0.2) is 4.39 Å². The number of hydrogen-bond acceptors (Lipinski definition) is 2. The van der Waals surface area contributed by atoms with Crippen LogP contribution in [-0.2, 0) is 0 Å². The van der Waals surface area contributed by atoms with Crippen molar-refractivity contribution in [2.75, 3.05) is 20.1 Å². The Hall–Kier alpha value is -1.13. The van der Waals surface area contributed by atoms with Crippen LogP contribution < -0.4 is 5.32 Å². The van der Waals surface area contributed by atoms with E-state index in [0.29, 0.717) is 0 Å². The summed E-state index contributed by atoms with van der Waals surface area (Å²) in [5, 5.41) is 3.26. The van der Waals surface area contributed by atoms with Crippen molar-refractivity contribution in [2.24, 2.45) is 0 Å². The van der Waals surface area contributed by atoms with Crippen molar-refractivity contribution in [1.29, 1.82) is 0 Å². The maximum atomic E-state index is 13.2. The molecule has 2 rings (SSSR count). The molecule has 1 aliphatic rings. The SMILES string of the molecule is CN1CCC(C)(NC(=O)c2cc(F)ccc2Cl)CC1. The molecule has 0 bridgehead atoms. The van der Waals surface area contributed by atoms with E-state index >= 15 is 0 Å². The van der Waals surface area contributed by atoms with Crippen LogP contribution in [0.4, 0.5) is 4.39 Å². The van der Waals surface area contributed by atoms with Gasteiger partial charge in [0, 0.05) is 18.6 Å². The van der Waals surface area contributed by atoms with Crippen molar-refractivity contribution in [3.63, 3.8) is 0 Å². The third-order valence-corrected chi connectivity index (χ3v) is 4.01. The van der Waals surface area contributed by atoms with Gasteiger partial charge in [0.05, 0.1) is 10.6 Å². The van der Waals surface area contributed by atoms with Crippen molar-refractivity contribution in [3.05, 3.63) is 34.6 Å². The Bertz CT molecular complexity index is 484. The van der Waals surface area contributed by atoms with Gasteiger partial charge in [0.15, 0.2) is 0 Å². The fourth-order valence-corrected chi connectivity index (χ4v) is 2.45. The average molecular weight is 285 g/mol. The van der Waals surface area contributed by atoms with Gasteiger partial charge >= 0.3 is 0 Å². The van der Waals surface area contributed by atoms with Crippen LogP contribution >= 0.6 is 11.6 Å². The monoisotopic (exact) mass is 284 g/mol. The van der Waals surface area contributed by atoms with Crippen molar-refractivity contribution < 1.29 is 9.18 Å². The summed E-state index contributed by atoms with van der Waals surface area (Å²) in [6.07, 6.45) is 1.75. The van der Waals surface area contributed by atoms with E-state index < -0.39 is 5.82 Å². The molecule has 0 unspecified atom stereocenters. The molecule has 1 aromatic carbocycles. The minimum Gasteiger partial charge on any atom is -0.347 e. The lowest BCUT2D eigenvalue weighted by Crippen LogP contribution is -2.52. The number of rotatable bonds is 2. The molecule has 1 saturated heterocycles. The summed E-state index contributed by atoms with van der Waals surface area (Å²) >= 11 is 5.94. The minimum atomic E-state index is -0.455. The lowest BCUT2D eigenvalue weighted by Gasteiger charge is -2.38. The number of piperidine rings is 1. The molecule has 1 heterocycles. The highest BCUT2D eigenvalue weighted by Gasteiger charge is 2.31. The van der Waals surface area contributed by atoms with E-state index in [2.05, 4.69) is 17.3 Å². The quantitative estimate of drug-likeness (QED) is 0.906. The largest absolute Gasteiger partial charge is 0.347 e. The highest BCUT2D eigenvalue weighted by Crippen LogP contribution is 2.23. The van der Waals surface area contributed by atoms with E-state index in [1.807, 2.05) is 6.92 Å². The maximum Gasteiger partial charge on any atom is 0.253 e. The number of likely N-dealkylation sites (tertiary alicyclic amines) is 1. The Morgan fingerprint density at radius 2 is 2.05 bits per heavy atom. The molecule has 0 atom stereocenters. The Kier molecular flexibility index (Phi) is 4.11. The Morgan fingerprint density at radius 1 is 1.42 bits per heavy atom. The standard InChI is InChI=1S/C14H18ClFN2O/c1-14(5-7-18(2)8-6-14)17-13(19)11-9-10(16)3-4-12(11)15/h3-4,9H,5-8H2,1-2H3,(H,17,19). The van der Waals surface area contributed by atoms with E-state index in [0.717, 1.165) is 25.9 Å². The predicted molar refractivity (Wildman–Crippen MR) is 74.0 cm³/mol. The van der Waals surface area contributed by atoms with Crippen LogP contribution in [0, 0.1) is 5.82 Å². The second-order valence-corrected chi connectivity index (χ2v) is 5.85.